The summed E-state index contributed by atoms with van der Waals surface area (Å²) in [5, 5.41) is 0. The van der Waals surface area contributed by atoms with Crippen LogP contribution in [0.15, 0.2) is 0 Å². The topological polar surface area (TPSA) is 26.0 Å². The summed E-state index contributed by atoms with van der Waals surface area (Å²) in [6.07, 6.45) is 5.85. The van der Waals surface area contributed by atoms with Gasteiger partial charge in [-0.05, 0) is 25.5 Å². The van der Waals surface area contributed by atoms with Gasteiger partial charge in [0.2, 0.25) is 0 Å². The first-order valence-corrected chi connectivity index (χ1v) is 3.83. The first kappa shape index (κ1) is 5.45. The molecule has 1 saturated carbocycles. The van der Waals surface area contributed by atoms with Crippen LogP contribution in [0.5, 0.6) is 0 Å². The van der Waals surface area contributed by atoms with Gasteiger partial charge in [0.05, 0.1) is 4.87 Å². The number of hydrogen-bond acceptors (Lipinski definition) is 2. The molecule has 0 saturated heterocycles. The third kappa shape index (κ3) is 0.916. The van der Waals surface area contributed by atoms with Gasteiger partial charge in [-0.2, -0.15) is 0 Å². The Morgan fingerprint density at radius 2 is 2.14 bits per heavy atom. The fourth-order valence-electron chi connectivity index (χ4n) is 0.729. The zero-order valence-electron chi connectivity index (χ0n) is 4.61. The highest BCUT2D eigenvalue weighted by molar-refractivity contribution is 7.99. The van der Waals surface area contributed by atoms with Crippen molar-refractivity contribution in [3.8, 4) is 0 Å². The van der Waals surface area contributed by atoms with E-state index >= 15 is 0 Å². The summed E-state index contributed by atoms with van der Waals surface area (Å²) in [7, 11) is 0. The molecular weight excluding hydrogens is 106 g/mol. The molecule has 0 aliphatic heterocycles. The van der Waals surface area contributed by atoms with E-state index in [1.165, 1.54) is 19.3 Å². The van der Waals surface area contributed by atoms with Crippen molar-refractivity contribution in [2.75, 3.05) is 6.26 Å². The molecule has 0 radical (unpaired) electrons. The van der Waals surface area contributed by atoms with Gasteiger partial charge in [0.15, 0.2) is 0 Å². The molecule has 0 aromatic carbocycles. The zero-order chi connectivity index (χ0) is 5.33. The maximum atomic E-state index is 5.77. The van der Waals surface area contributed by atoms with Crippen LogP contribution in [0.25, 0.3) is 0 Å². The molecule has 0 spiro atoms. The lowest BCUT2D eigenvalue weighted by Gasteiger charge is -2.35. The van der Waals surface area contributed by atoms with Crippen LogP contribution in [0.4, 0.5) is 0 Å². The molecule has 1 aliphatic carbocycles. The van der Waals surface area contributed by atoms with Crippen LogP contribution < -0.4 is 5.73 Å². The Kier molecular flexibility index (Phi) is 1.30. The molecule has 0 aromatic heterocycles. The molecule has 1 aliphatic rings. The number of rotatable bonds is 1. The van der Waals surface area contributed by atoms with E-state index in [1.807, 2.05) is 0 Å². The smallest absolute Gasteiger partial charge is 0.0617 e. The molecule has 0 bridgehead atoms. The molecule has 0 atom stereocenters. The molecule has 2 heteroatoms. The van der Waals surface area contributed by atoms with Gasteiger partial charge in [-0.25, -0.2) is 0 Å². The highest BCUT2D eigenvalue weighted by Crippen LogP contribution is 2.37. The van der Waals surface area contributed by atoms with Crippen molar-refractivity contribution in [1.82, 2.24) is 0 Å². The second kappa shape index (κ2) is 1.67. The van der Waals surface area contributed by atoms with Crippen LogP contribution in [0.2, 0.25) is 0 Å². The lowest BCUT2D eigenvalue weighted by atomic mass is 9.93. The number of nitrogens with two attached hydrogens (primary N) is 1. The van der Waals surface area contributed by atoms with Gasteiger partial charge >= 0.3 is 0 Å². The summed E-state index contributed by atoms with van der Waals surface area (Å²) in [5.41, 5.74) is 5.77. The standard InChI is InChI=1S/C5H11NS/c1-7-5(6)3-2-4-5/h2-4,6H2,1H3. The summed E-state index contributed by atoms with van der Waals surface area (Å²) in [6, 6.07) is 0. The third-order valence-electron chi connectivity index (χ3n) is 1.61. The van der Waals surface area contributed by atoms with Gasteiger partial charge in [0.25, 0.3) is 0 Å². The fourth-order valence-corrected chi connectivity index (χ4v) is 1.43. The van der Waals surface area contributed by atoms with Crippen molar-refractivity contribution in [3.63, 3.8) is 0 Å². The van der Waals surface area contributed by atoms with E-state index < -0.39 is 0 Å². The van der Waals surface area contributed by atoms with E-state index in [-0.39, 0.29) is 4.87 Å². The highest BCUT2D eigenvalue weighted by Gasteiger charge is 2.30. The second-order valence-corrected chi connectivity index (χ2v) is 3.34. The first-order chi connectivity index (χ1) is 3.27. The quantitative estimate of drug-likeness (QED) is 0.522. The van der Waals surface area contributed by atoms with Crippen LogP contribution in [-0.4, -0.2) is 11.1 Å². The minimum atomic E-state index is 0.181. The van der Waals surface area contributed by atoms with Gasteiger partial charge < -0.3 is 5.73 Å². The number of thioether (sulfide) groups is 1. The molecule has 0 unspecified atom stereocenters. The highest BCUT2D eigenvalue weighted by atomic mass is 32.2. The molecule has 42 valence electrons. The van der Waals surface area contributed by atoms with Gasteiger partial charge in [0.1, 0.15) is 0 Å². The Morgan fingerprint density at radius 3 is 2.14 bits per heavy atom. The Labute approximate surface area is 48.7 Å². The fraction of sp³-hybridized carbons (Fsp3) is 1.00. The van der Waals surface area contributed by atoms with Crippen LogP contribution in [0.3, 0.4) is 0 Å². The van der Waals surface area contributed by atoms with Crippen LogP contribution in [-0.2, 0) is 0 Å². The largest absolute Gasteiger partial charge is 0.317 e. The van der Waals surface area contributed by atoms with E-state index in [4.69, 9.17) is 5.73 Å². The monoisotopic (exact) mass is 117 g/mol. The lowest BCUT2D eigenvalue weighted by Crippen LogP contribution is -2.42. The summed E-state index contributed by atoms with van der Waals surface area (Å²) in [4.78, 5) is 0.181. The summed E-state index contributed by atoms with van der Waals surface area (Å²) in [5.74, 6) is 0. The Balaban J connectivity index is 2.29. The SMILES string of the molecule is CSC1(N)CCC1. The Morgan fingerprint density at radius 1 is 1.57 bits per heavy atom. The molecule has 1 fully saturated rings. The second-order valence-electron chi connectivity index (χ2n) is 2.12. The maximum absolute atomic E-state index is 5.77. The van der Waals surface area contributed by atoms with Crippen LogP contribution in [0, 0.1) is 0 Å². The predicted molar refractivity (Wildman–Crippen MR) is 34.3 cm³/mol. The van der Waals surface area contributed by atoms with Crippen molar-refractivity contribution in [1.29, 1.82) is 0 Å². The van der Waals surface area contributed by atoms with Crippen molar-refractivity contribution >= 4 is 11.8 Å². The summed E-state index contributed by atoms with van der Waals surface area (Å²) < 4.78 is 0. The van der Waals surface area contributed by atoms with Crippen molar-refractivity contribution in [2.24, 2.45) is 5.73 Å². The molecule has 1 rings (SSSR count). The minimum absolute atomic E-state index is 0.181. The number of hydrogen-bond donors (Lipinski definition) is 1. The van der Waals surface area contributed by atoms with Gasteiger partial charge in [-0.3, -0.25) is 0 Å². The van der Waals surface area contributed by atoms with Crippen LogP contribution in [0.1, 0.15) is 19.3 Å². The summed E-state index contributed by atoms with van der Waals surface area (Å²) >= 11 is 1.79. The van der Waals surface area contributed by atoms with Gasteiger partial charge in [-0.1, -0.05) is 0 Å². The summed E-state index contributed by atoms with van der Waals surface area (Å²) in [6.45, 7) is 0. The minimum Gasteiger partial charge on any atom is -0.317 e. The average molecular weight is 117 g/mol. The lowest BCUT2D eigenvalue weighted by molar-refractivity contribution is 0.375. The third-order valence-corrected chi connectivity index (χ3v) is 2.83. The average Bonchev–Trinajstić information content (AvgIpc) is 1.61. The van der Waals surface area contributed by atoms with Gasteiger partial charge in [-0.15, -0.1) is 11.8 Å². The molecule has 2 N–H and O–H groups in total. The van der Waals surface area contributed by atoms with Crippen molar-refractivity contribution < 1.29 is 0 Å². The molecule has 0 aromatic rings. The molecule has 7 heavy (non-hydrogen) atoms. The first-order valence-electron chi connectivity index (χ1n) is 2.61. The van der Waals surface area contributed by atoms with E-state index in [9.17, 15) is 0 Å². The van der Waals surface area contributed by atoms with E-state index in [0.29, 0.717) is 0 Å². The zero-order valence-corrected chi connectivity index (χ0v) is 5.42. The van der Waals surface area contributed by atoms with E-state index in [1.54, 1.807) is 11.8 Å². The van der Waals surface area contributed by atoms with Crippen molar-refractivity contribution in [2.45, 2.75) is 24.1 Å². The Hall–Kier alpha value is 0.310. The normalized spacial score (nSPS) is 26.6. The van der Waals surface area contributed by atoms with Crippen LogP contribution >= 0.6 is 11.8 Å². The maximum Gasteiger partial charge on any atom is 0.0617 e. The molecular formula is C5H11NS. The molecule has 0 heterocycles. The van der Waals surface area contributed by atoms with Gasteiger partial charge in [0, 0.05) is 0 Å². The molecule has 1 nitrogen and oxygen atoms in total. The van der Waals surface area contributed by atoms with Crippen molar-refractivity contribution in [3.05, 3.63) is 0 Å². The predicted octanol–water partition coefficient (Wildman–Crippen LogP) is 1.19. The Bertz CT molecular complexity index is 63.0. The molecule has 0 amide bonds. The van der Waals surface area contributed by atoms with E-state index in [2.05, 4.69) is 6.26 Å². The van der Waals surface area contributed by atoms with E-state index in [0.717, 1.165) is 0 Å².